The summed E-state index contributed by atoms with van der Waals surface area (Å²) in [6.07, 6.45) is -0.142. The van der Waals surface area contributed by atoms with E-state index >= 15 is 0 Å². The molecular formula is C15H22NO6P. The van der Waals surface area contributed by atoms with E-state index in [4.69, 9.17) is 9.26 Å². The van der Waals surface area contributed by atoms with Gasteiger partial charge in [0.25, 0.3) is 0 Å². The lowest BCUT2D eigenvalue weighted by molar-refractivity contribution is -0.146. The summed E-state index contributed by atoms with van der Waals surface area (Å²) < 4.78 is 25.1. The zero-order valence-corrected chi connectivity index (χ0v) is 14.4. The molecular weight excluding hydrogens is 321 g/mol. The first-order chi connectivity index (χ1) is 11.1. The first-order valence-corrected chi connectivity index (χ1v) is 8.07. The molecule has 2 unspecified atom stereocenters. The quantitative estimate of drug-likeness (QED) is 0.505. The molecule has 8 heteroatoms. The van der Waals surface area contributed by atoms with Gasteiger partial charge in [-0.25, -0.2) is 4.79 Å². The van der Waals surface area contributed by atoms with Gasteiger partial charge in [-0.05, 0) is 12.0 Å². The molecule has 0 aliphatic carbocycles. The van der Waals surface area contributed by atoms with E-state index in [0.29, 0.717) is 13.0 Å². The van der Waals surface area contributed by atoms with Crippen LogP contribution in [-0.2, 0) is 30.0 Å². The van der Waals surface area contributed by atoms with Gasteiger partial charge in [-0.15, -0.1) is 0 Å². The van der Waals surface area contributed by atoms with Crippen LogP contribution in [-0.4, -0.2) is 44.3 Å². The van der Waals surface area contributed by atoms with Crippen molar-refractivity contribution in [1.82, 2.24) is 4.90 Å². The number of amides is 1. The first kappa shape index (κ1) is 19.2. The Kier molecular flexibility index (Phi) is 9.02. The molecule has 0 N–H and O–H groups in total. The molecule has 0 radical (unpaired) electrons. The van der Waals surface area contributed by atoms with Gasteiger partial charge in [-0.1, -0.05) is 30.3 Å². The smallest absolute Gasteiger partial charge is 0.409 e. The summed E-state index contributed by atoms with van der Waals surface area (Å²) in [6, 6.07) is 9.35. The SMILES string of the molecule is COC(=O)C(CCN(C)C(=O)OCc1ccccc1)CO[PH2]=O. The predicted molar refractivity (Wildman–Crippen MR) is 85.7 cm³/mol. The minimum atomic E-state index is -1.38. The van der Waals surface area contributed by atoms with Gasteiger partial charge in [-0.3, -0.25) is 9.36 Å². The van der Waals surface area contributed by atoms with Gasteiger partial charge in [0.1, 0.15) is 6.61 Å². The Balaban J connectivity index is 2.40. The normalized spacial score (nSPS) is 12.1. The number of carbonyl (C=O) groups excluding carboxylic acids is 2. The highest BCUT2D eigenvalue weighted by atomic mass is 31.1. The minimum Gasteiger partial charge on any atom is -0.469 e. The van der Waals surface area contributed by atoms with Crippen LogP contribution in [0.3, 0.4) is 0 Å². The Bertz CT molecular complexity index is 510. The number of nitrogens with zero attached hydrogens (tertiary/aromatic N) is 1. The second kappa shape index (κ2) is 10.8. The molecule has 23 heavy (non-hydrogen) atoms. The molecule has 1 aromatic carbocycles. The van der Waals surface area contributed by atoms with E-state index in [1.54, 1.807) is 7.05 Å². The minimum absolute atomic E-state index is 0.0123. The fraction of sp³-hybridized carbons (Fsp3) is 0.467. The van der Waals surface area contributed by atoms with Gasteiger partial charge >= 0.3 is 12.1 Å². The fourth-order valence-electron chi connectivity index (χ4n) is 1.86. The van der Waals surface area contributed by atoms with Crippen molar-refractivity contribution in [2.75, 3.05) is 27.3 Å². The fourth-order valence-corrected chi connectivity index (χ4v) is 2.17. The van der Waals surface area contributed by atoms with Crippen LogP contribution >= 0.6 is 8.69 Å². The highest BCUT2D eigenvalue weighted by molar-refractivity contribution is 7.17. The maximum atomic E-state index is 11.9. The molecule has 2 atom stereocenters. The van der Waals surface area contributed by atoms with E-state index < -0.39 is 26.7 Å². The van der Waals surface area contributed by atoms with Crippen LogP contribution < -0.4 is 0 Å². The Labute approximate surface area is 136 Å². The number of esters is 1. The molecule has 1 amide bonds. The standard InChI is InChI=1S/C15H22NO6P/c1-16(9-8-13(11-22-23-19)14(17)20-2)15(18)21-10-12-6-4-3-5-7-12/h3-7,13H,8-11,23H2,1-2H3. The van der Waals surface area contributed by atoms with Crippen molar-refractivity contribution in [3.8, 4) is 0 Å². The molecule has 1 aromatic rings. The van der Waals surface area contributed by atoms with Gasteiger partial charge in [0.15, 0.2) is 8.69 Å². The van der Waals surface area contributed by atoms with Crippen LogP contribution in [0.15, 0.2) is 30.3 Å². The number of benzene rings is 1. The Morgan fingerprint density at radius 1 is 1.26 bits per heavy atom. The van der Waals surface area contributed by atoms with Crippen molar-refractivity contribution in [3.63, 3.8) is 0 Å². The van der Waals surface area contributed by atoms with Crippen LogP contribution in [0.1, 0.15) is 12.0 Å². The average molecular weight is 343 g/mol. The maximum absolute atomic E-state index is 11.9. The Morgan fingerprint density at radius 3 is 2.57 bits per heavy atom. The summed E-state index contributed by atoms with van der Waals surface area (Å²) in [5.74, 6) is -1.02. The summed E-state index contributed by atoms with van der Waals surface area (Å²) in [7, 11) is 1.48. The molecule has 0 aliphatic rings. The lowest BCUT2D eigenvalue weighted by atomic mass is 10.1. The van der Waals surface area contributed by atoms with Gasteiger partial charge in [0, 0.05) is 13.6 Å². The molecule has 128 valence electrons. The van der Waals surface area contributed by atoms with Gasteiger partial charge < -0.3 is 18.9 Å². The second-order valence-electron chi connectivity index (χ2n) is 4.90. The third-order valence-electron chi connectivity index (χ3n) is 3.23. The second-order valence-corrected chi connectivity index (χ2v) is 5.43. The summed E-state index contributed by atoms with van der Waals surface area (Å²) in [4.78, 5) is 24.9. The Hall–Kier alpha value is -1.85. The molecule has 0 aliphatic heterocycles. The predicted octanol–water partition coefficient (Wildman–Crippen LogP) is 2.12. The maximum Gasteiger partial charge on any atom is 0.409 e. The van der Waals surface area contributed by atoms with Crippen molar-refractivity contribution < 1.29 is 28.2 Å². The molecule has 0 heterocycles. The largest absolute Gasteiger partial charge is 0.469 e. The van der Waals surface area contributed by atoms with Crippen LogP contribution in [0, 0.1) is 5.92 Å². The highest BCUT2D eigenvalue weighted by Crippen LogP contribution is 2.11. The summed E-state index contributed by atoms with van der Waals surface area (Å²) >= 11 is 0. The Morgan fingerprint density at radius 2 is 1.96 bits per heavy atom. The van der Waals surface area contributed by atoms with E-state index in [1.165, 1.54) is 12.0 Å². The molecule has 1 rings (SSSR count). The molecule has 0 spiro atoms. The van der Waals surface area contributed by atoms with Crippen molar-refractivity contribution in [2.24, 2.45) is 5.92 Å². The van der Waals surface area contributed by atoms with Crippen LogP contribution in [0.25, 0.3) is 0 Å². The van der Waals surface area contributed by atoms with Crippen molar-refractivity contribution >= 4 is 20.7 Å². The van der Waals surface area contributed by atoms with Gasteiger partial charge in [0.2, 0.25) is 0 Å². The zero-order chi connectivity index (χ0) is 17.1. The number of rotatable bonds is 9. The molecule has 0 bridgehead atoms. The van der Waals surface area contributed by atoms with Gasteiger partial charge in [0.05, 0.1) is 19.6 Å². The number of hydrogen-bond acceptors (Lipinski definition) is 6. The van der Waals surface area contributed by atoms with Gasteiger partial charge in [-0.2, -0.15) is 0 Å². The van der Waals surface area contributed by atoms with Crippen molar-refractivity contribution in [1.29, 1.82) is 0 Å². The van der Waals surface area contributed by atoms with Crippen molar-refractivity contribution in [3.05, 3.63) is 35.9 Å². The van der Waals surface area contributed by atoms with E-state index in [1.807, 2.05) is 30.3 Å². The third-order valence-corrected chi connectivity index (χ3v) is 3.56. The monoisotopic (exact) mass is 343 g/mol. The van der Waals surface area contributed by atoms with E-state index in [2.05, 4.69) is 4.74 Å². The van der Waals surface area contributed by atoms with E-state index in [-0.39, 0.29) is 13.2 Å². The van der Waals surface area contributed by atoms with Crippen molar-refractivity contribution in [2.45, 2.75) is 13.0 Å². The summed E-state index contributed by atoms with van der Waals surface area (Å²) in [5, 5.41) is 0. The van der Waals surface area contributed by atoms with E-state index in [9.17, 15) is 14.2 Å². The summed E-state index contributed by atoms with van der Waals surface area (Å²) in [6.45, 7) is 0.496. The van der Waals surface area contributed by atoms with Crippen LogP contribution in [0.2, 0.25) is 0 Å². The molecule has 7 nitrogen and oxygen atoms in total. The van der Waals surface area contributed by atoms with Crippen LogP contribution in [0.5, 0.6) is 0 Å². The molecule has 0 saturated heterocycles. The third kappa shape index (κ3) is 7.30. The number of carbonyl (C=O) groups is 2. The number of hydrogen-bond donors (Lipinski definition) is 0. The topological polar surface area (TPSA) is 82.1 Å². The van der Waals surface area contributed by atoms with Crippen LogP contribution in [0.4, 0.5) is 4.79 Å². The molecule has 0 aromatic heterocycles. The lowest BCUT2D eigenvalue weighted by Crippen LogP contribution is -2.32. The molecule has 0 fully saturated rings. The molecule has 0 saturated carbocycles. The number of ether oxygens (including phenoxy) is 2. The van der Waals surface area contributed by atoms with E-state index in [0.717, 1.165) is 5.56 Å². The first-order valence-electron chi connectivity index (χ1n) is 7.13. The number of methoxy groups -OCH3 is 1. The zero-order valence-electron chi connectivity index (χ0n) is 13.3. The lowest BCUT2D eigenvalue weighted by Gasteiger charge is -2.20. The average Bonchev–Trinajstić information content (AvgIpc) is 2.59. The highest BCUT2D eigenvalue weighted by Gasteiger charge is 2.21. The summed E-state index contributed by atoms with van der Waals surface area (Å²) in [5.41, 5.74) is 0.897.